The van der Waals surface area contributed by atoms with Gasteiger partial charge >= 0.3 is 17.6 Å². The third kappa shape index (κ3) is 2.30. The maximum Gasteiger partial charge on any atom is 0.401 e. The number of carbonyl (C=O) groups excluding carboxylic acids is 1. The van der Waals surface area contributed by atoms with Gasteiger partial charge in [0.05, 0.1) is 6.61 Å². The van der Waals surface area contributed by atoms with Crippen LogP contribution in [0.2, 0.25) is 0 Å². The van der Waals surface area contributed by atoms with Crippen LogP contribution in [0.25, 0.3) is 0 Å². The molecule has 7 nitrogen and oxygen atoms in total. The average Bonchev–Trinajstić information content (AvgIpc) is 2.61. The highest BCUT2D eigenvalue weighted by atomic mass is 16.6. The van der Waals surface area contributed by atoms with Crippen molar-refractivity contribution in [2.45, 2.75) is 20.4 Å². The summed E-state index contributed by atoms with van der Waals surface area (Å²) in [6.45, 7) is 4.05. The van der Waals surface area contributed by atoms with Crippen molar-refractivity contribution in [2.24, 2.45) is 0 Å². The predicted octanol–water partition coefficient (Wildman–Crippen LogP) is 0.988. The maximum absolute atomic E-state index is 11.3. The summed E-state index contributed by atoms with van der Waals surface area (Å²) in [6, 6.07) is 0. The Morgan fingerprint density at radius 1 is 1.67 bits per heavy atom. The van der Waals surface area contributed by atoms with Crippen molar-refractivity contribution in [1.82, 2.24) is 9.55 Å². The first-order valence-corrected chi connectivity index (χ1v) is 4.48. The molecule has 0 unspecified atom stereocenters. The Hall–Kier alpha value is -1.92. The van der Waals surface area contributed by atoms with E-state index >= 15 is 0 Å². The van der Waals surface area contributed by atoms with E-state index in [1.165, 1.54) is 10.8 Å². The highest BCUT2D eigenvalue weighted by Crippen LogP contribution is 2.11. The third-order valence-electron chi connectivity index (χ3n) is 1.75. The smallest absolute Gasteiger partial charge is 0.401 e. The monoisotopic (exact) mass is 213 g/mol. The van der Waals surface area contributed by atoms with Crippen LogP contribution in [0.3, 0.4) is 0 Å². The molecule has 0 saturated heterocycles. The summed E-state index contributed by atoms with van der Waals surface area (Å²) < 4.78 is 6.10. The molecule has 0 N–H and O–H groups in total. The summed E-state index contributed by atoms with van der Waals surface area (Å²) >= 11 is 0. The molecular weight excluding hydrogens is 202 g/mol. The molecule has 1 aromatic heterocycles. The van der Waals surface area contributed by atoms with Crippen LogP contribution in [0.15, 0.2) is 6.20 Å². The number of aryl methyl sites for hydroxylation is 1. The lowest BCUT2D eigenvalue weighted by atomic mass is 10.5. The van der Waals surface area contributed by atoms with E-state index in [2.05, 4.69) is 4.98 Å². The zero-order valence-electron chi connectivity index (χ0n) is 8.47. The molecule has 1 rings (SSSR count). The lowest BCUT2D eigenvalue weighted by Gasteiger charge is -1.98. The van der Waals surface area contributed by atoms with Gasteiger partial charge in [-0.2, -0.15) is 0 Å². The summed E-state index contributed by atoms with van der Waals surface area (Å²) in [5.41, 5.74) is 0. The average molecular weight is 213 g/mol. The highest BCUT2D eigenvalue weighted by molar-refractivity contribution is 5.86. The normalized spacial score (nSPS) is 10.0. The molecule has 0 fully saturated rings. The molecule has 0 saturated carbocycles. The molecule has 0 atom stereocenters. The number of nitro groups is 1. The molecule has 0 radical (unpaired) electrons. The fourth-order valence-electron chi connectivity index (χ4n) is 1.09. The Labute approximate surface area is 85.8 Å². The molecule has 15 heavy (non-hydrogen) atoms. The third-order valence-corrected chi connectivity index (χ3v) is 1.75. The van der Waals surface area contributed by atoms with Crippen LogP contribution < -0.4 is 0 Å². The zero-order valence-corrected chi connectivity index (χ0v) is 8.47. The van der Waals surface area contributed by atoms with E-state index < -0.39 is 10.9 Å². The van der Waals surface area contributed by atoms with Gasteiger partial charge in [0.25, 0.3) is 0 Å². The van der Waals surface area contributed by atoms with E-state index in [9.17, 15) is 14.9 Å². The molecule has 0 aromatic carbocycles. The van der Waals surface area contributed by atoms with Crippen LogP contribution >= 0.6 is 0 Å². The number of hydrogen-bond acceptors (Lipinski definition) is 5. The van der Waals surface area contributed by atoms with E-state index in [1.807, 2.05) is 0 Å². The van der Waals surface area contributed by atoms with Crippen molar-refractivity contribution in [3.63, 3.8) is 0 Å². The molecule has 0 aliphatic heterocycles. The Bertz CT molecular complexity index is 385. The number of ether oxygens (including phenoxy) is 1. The Balaban J connectivity index is 3.05. The number of carbonyl (C=O) groups is 1. The van der Waals surface area contributed by atoms with Gasteiger partial charge in [-0.25, -0.2) is 4.79 Å². The predicted molar refractivity (Wildman–Crippen MR) is 50.5 cm³/mol. The lowest BCUT2D eigenvalue weighted by Crippen LogP contribution is -2.12. The fraction of sp³-hybridized carbons (Fsp3) is 0.500. The number of rotatable bonds is 4. The van der Waals surface area contributed by atoms with Gasteiger partial charge in [0, 0.05) is 6.54 Å². The first kappa shape index (κ1) is 11.2. The van der Waals surface area contributed by atoms with E-state index in [0.717, 1.165) is 0 Å². The molecule has 0 aliphatic rings. The molecule has 1 aromatic rings. The second-order valence-electron chi connectivity index (χ2n) is 2.69. The standard InChI is InChI=1S/C8H11N3O4/c1-3-10-5-6(11(13)14)9-7(10)8(12)15-4-2/h5H,3-4H2,1-2H3. The van der Waals surface area contributed by atoms with Crippen LogP contribution in [0.5, 0.6) is 0 Å². The van der Waals surface area contributed by atoms with Gasteiger partial charge in [-0.05, 0) is 23.8 Å². The quantitative estimate of drug-likeness (QED) is 0.422. The summed E-state index contributed by atoms with van der Waals surface area (Å²) in [4.78, 5) is 24.7. The van der Waals surface area contributed by atoms with Gasteiger partial charge < -0.3 is 14.9 Å². The summed E-state index contributed by atoms with van der Waals surface area (Å²) in [5, 5.41) is 10.4. The van der Waals surface area contributed by atoms with Gasteiger partial charge in [0.2, 0.25) is 0 Å². The molecule has 0 amide bonds. The topological polar surface area (TPSA) is 87.3 Å². The van der Waals surface area contributed by atoms with E-state index in [0.29, 0.717) is 6.54 Å². The van der Waals surface area contributed by atoms with Crippen molar-refractivity contribution in [2.75, 3.05) is 6.61 Å². The largest absolute Gasteiger partial charge is 0.458 e. The zero-order chi connectivity index (χ0) is 11.4. The van der Waals surface area contributed by atoms with Crippen molar-refractivity contribution >= 4 is 11.8 Å². The number of aromatic nitrogens is 2. The first-order chi connectivity index (χ1) is 7.10. The van der Waals surface area contributed by atoms with Gasteiger partial charge in [-0.1, -0.05) is 0 Å². The summed E-state index contributed by atoms with van der Waals surface area (Å²) in [6.07, 6.45) is 1.21. The molecule has 1 heterocycles. The maximum atomic E-state index is 11.3. The molecule has 7 heteroatoms. The molecule has 0 bridgehead atoms. The van der Waals surface area contributed by atoms with Crippen LogP contribution in [-0.2, 0) is 11.3 Å². The fourth-order valence-corrected chi connectivity index (χ4v) is 1.09. The SMILES string of the molecule is CCOC(=O)c1nc([N+](=O)[O-])cn1CC. The minimum atomic E-state index is -0.646. The lowest BCUT2D eigenvalue weighted by molar-refractivity contribution is -0.389. The first-order valence-electron chi connectivity index (χ1n) is 4.48. The van der Waals surface area contributed by atoms with Crippen molar-refractivity contribution in [3.05, 3.63) is 22.1 Å². The van der Waals surface area contributed by atoms with Crippen molar-refractivity contribution < 1.29 is 14.5 Å². The van der Waals surface area contributed by atoms with Crippen molar-refractivity contribution in [1.29, 1.82) is 0 Å². The Morgan fingerprint density at radius 3 is 2.80 bits per heavy atom. The highest BCUT2D eigenvalue weighted by Gasteiger charge is 2.24. The van der Waals surface area contributed by atoms with Gasteiger partial charge in [-0.15, -0.1) is 0 Å². The Kier molecular flexibility index (Phi) is 3.37. The molecule has 82 valence electrons. The van der Waals surface area contributed by atoms with Gasteiger partial charge in [0.15, 0.2) is 0 Å². The van der Waals surface area contributed by atoms with Crippen molar-refractivity contribution in [3.8, 4) is 0 Å². The van der Waals surface area contributed by atoms with E-state index in [1.54, 1.807) is 13.8 Å². The van der Waals surface area contributed by atoms with E-state index in [-0.39, 0.29) is 18.2 Å². The van der Waals surface area contributed by atoms with Crippen LogP contribution in [0.4, 0.5) is 5.82 Å². The van der Waals surface area contributed by atoms with Gasteiger partial charge in [0.1, 0.15) is 6.20 Å². The van der Waals surface area contributed by atoms with Crippen LogP contribution in [-0.4, -0.2) is 27.1 Å². The molecule has 0 aliphatic carbocycles. The van der Waals surface area contributed by atoms with Crippen LogP contribution in [0.1, 0.15) is 24.5 Å². The minimum Gasteiger partial charge on any atom is -0.458 e. The number of imidazole rings is 1. The second-order valence-corrected chi connectivity index (χ2v) is 2.69. The molecule has 0 spiro atoms. The van der Waals surface area contributed by atoms with Gasteiger partial charge in [-0.3, -0.25) is 4.57 Å². The van der Waals surface area contributed by atoms with E-state index in [4.69, 9.17) is 4.74 Å². The molecular formula is C8H11N3O4. The Morgan fingerprint density at radius 2 is 2.33 bits per heavy atom. The number of hydrogen-bond donors (Lipinski definition) is 0. The van der Waals surface area contributed by atoms with Crippen LogP contribution in [0, 0.1) is 10.1 Å². The second kappa shape index (κ2) is 4.54. The number of esters is 1. The summed E-state index contributed by atoms with van der Waals surface area (Å²) in [5.74, 6) is -1.03. The summed E-state index contributed by atoms with van der Waals surface area (Å²) in [7, 11) is 0. The number of nitrogens with zero attached hydrogens (tertiary/aromatic N) is 3. The minimum absolute atomic E-state index is 0.0361.